The molecule has 0 bridgehead atoms. The van der Waals surface area contributed by atoms with E-state index in [1.807, 2.05) is 44.2 Å². The number of carbonyl (C=O) groups is 2. The van der Waals surface area contributed by atoms with Crippen LogP contribution in [0.3, 0.4) is 0 Å². The van der Waals surface area contributed by atoms with Crippen LogP contribution in [0, 0.1) is 0 Å². The van der Waals surface area contributed by atoms with Gasteiger partial charge in [-0.1, -0.05) is 62.4 Å². The maximum absolute atomic E-state index is 13.3. The Morgan fingerprint density at radius 3 is 2.26 bits per heavy atom. The number of halogens is 3. The van der Waals surface area contributed by atoms with E-state index < -0.39 is 35.4 Å². The summed E-state index contributed by atoms with van der Waals surface area (Å²) in [6, 6.07) is 15.6. The quantitative estimate of drug-likeness (QED) is 0.227. The standard InChI is InChI=1S/C31H37F3N4O4/c1-3-13-38(14-4-2)30(42)26-17-23(18-28(40)36-26)29(41)37-25(16-21-9-6-5-7-10-21)27(39)20-35-19-22-11-8-12-24(15-22)31(32,33)34/h5-12,15,17-18,25,27,35,39H,3-4,13-14,16,19-20H2,1-2H3,(H,36,40)(H,37,41)/t25-,27+/m0/s1. The number of aliphatic hydroxyl groups excluding tert-OH is 1. The molecule has 0 saturated heterocycles. The Morgan fingerprint density at radius 1 is 0.952 bits per heavy atom. The van der Waals surface area contributed by atoms with Crippen molar-refractivity contribution < 1.29 is 27.9 Å². The van der Waals surface area contributed by atoms with Gasteiger partial charge < -0.3 is 25.6 Å². The molecule has 226 valence electrons. The molecule has 4 N–H and O–H groups in total. The highest BCUT2D eigenvalue weighted by atomic mass is 19.4. The summed E-state index contributed by atoms with van der Waals surface area (Å²) in [6.07, 6.45) is -3.88. The molecule has 3 aromatic rings. The van der Waals surface area contributed by atoms with Gasteiger partial charge in [0.2, 0.25) is 5.56 Å². The number of hydrogen-bond acceptors (Lipinski definition) is 5. The van der Waals surface area contributed by atoms with E-state index in [1.54, 1.807) is 11.0 Å². The molecular formula is C31H37F3N4O4. The zero-order valence-electron chi connectivity index (χ0n) is 23.7. The number of rotatable bonds is 14. The predicted molar refractivity (Wildman–Crippen MR) is 154 cm³/mol. The van der Waals surface area contributed by atoms with Crippen LogP contribution in [-0.4, -0.2) is 58.6 Å². The molecule has 0 aliphatic heterocycles. The normalized spacial score (nSPS) is 12.9. The Kier molecular flexibility index (Phi) is 11.9. The first-order chi connectivity index (χ1) is 20.0. The Hall–Kier alpha value is -3.96. The van der Waals surface area contributed by atoms with Crippen molar-refractivity contribution in [3.05, 3.63) is 105 Å². The van der Waals surface area contributed by atoms with Crippen molar-refractivity contribution in [3.63, 3.8) is 0 Å². The molecule has 2 atom stereocenters. The summed E-state index contributed by atoms with van der Waals surface area (Å²) in [4.78, 5) is 42.9. The molecule has 0 aliphatic carbocycles. The number of benzene rings is 2. The van der Waals surface area contributed by atoms with E-state index in [0.717, 1.165) is 36.6 Å². The van der Waals surface area contributed by atoms with E-state index in [0.29, 0.717) is 18.7 Å². The van der Waals surface area contributed by atoms with Crippen molar-refractivity contribution in [2.45, 2.75) is 58.0 Å². The van der Waals surface area contributed by atoms with Crippen molar-refractivity contribution in [1.82, 2.24) is 20.5 Å². The van der Waals surface area contributed by atoms with Gasteiger partial charge in [0.1, 0.15) is 5.69 Å². The third-order valence-corrected chi connectivity index (χ3v) is 6.63. The monoisotopic (exact) mass is 586 g/mol. The van der Waals surface area contributed by atoms with E-state index in [4.69, 9.17) is 0 Å². The van der Waals surface area contributed by atoms with Crippen LogP contribution in [0.2, 0.25) is 0 Å². The lowest BCUT2D eigenvalue weighted by Gasteiger charge is -2.25. The number of hydrogen-bond donors (Lipinski definition) is 4. The highest BCUT2D eigenvalue weighted by molar-refractivity contribution is 5.98. The van der Waals surface area contributed by atoms with E-state index in [-0.39, 0.29) is 36.7 Å². The van der Waals surface area contributed by atoms with Crippen LogP contribution < -0.4 is 16.2 Å². The first-order valence-corrected chi connectivity index (χ1v) is 13.9. The number of alkyl halides is 3. The first kappa shape index (κ1) is 32.6. The number of nitrogens with one attached hydrogen (secondary N) is 3. The summed E-state index contributed by atoms with van der Waals surface area (Å²) in [5.74, 6) is -1.03. The molecule has 42 heavy (non-hydrogen) atoms. The molecule has 0 radical (unpaired) electrons. The summed E-state index contributed by atoms with van der Waals surface area (Å²) in [7, 11) is 0. The molecule has 1 aromatic heterocycles. The molecule has 11 heteroatoms. The molecule has 0 spiro atoms. The van der Waals surface area contributed by atoms with E-state index >= 15 is 0 Å². The van der Waals surface area contributed by atoms with Crippen LogP contribution in [0.15, 0.2) is 71.5 Å². The zero-order valence-corrected chi connectivity index (χ0v) is 23.7. The fraction of sp³-hybridized carbons (Fsp3) is 0.387. The number of aromatic nitrogens is 1. The average molecular weight is 587 g/mol. The van der Waals surface area contributed by atoms with Gasteiger partial charge in [-0.15, -0.1) is 0 Å². The minimum Gasteiger partial charge on any atom is -0.390 e. The molecule has 2 aromatic carbocycles. The summed E-state index contributed by atoms with van der Waals surface area (Å²) >= 11 is 0. The van der Waals surface area contributed by atoms with Gasteiger partial charge in [-0.25, -0.2) is 0 Å². The van der Waals surface area contributed by atoms with Crippen molar-refractivity contribution in [2.75, 3.05) is 19.6 Å². The highest BCUT2D eigenvalue weighted by Gasteiger charge is 2.30. The molecule has 0 saturated carbocycles. The average Bonchev–Trinajstić information content (AvgIpc) is 2.96. The summed E-state index contributed by atoms with van der Waals surface area (Å²) in [5, 5.41) is 16.8. The van der Waals surface area contributed by atoms with Crippen LogP contribution in [-0.2, 0) is 19.1 Å². The van der Waals surface area contributed by atoms with Crippen molar-refractivity contribution >= 4 is 11.8 Å². The van der Waals surface area contributed by atoms with Gasteiger partial charge >= 0.3 is 6.18 Å². The maximum atomic E-state index is 13.3. The Labute approximate surface area is 243 Å². The summed E-state index contributed by atoms with van der Waals surface area (Å²) in [6.45, 7) is 4.92. The molecular weight excluding hydrogens is 549 g/mol. The van der Waals surface area contributed by atoms with Gasteiger partial charge in [0, 0.05) is 37.8 Å². The molecule has 0 aliphatic rings. The fourth-order valence-corrected chi connectivity index (χ4v) is 4.58. The van der Waals surface area contributed by atoms with Crippen LogP contribution >= 0.6 is 0 Å². The Balaban J connectivity index is 1.76. The van der Waals surface area contributed by atoms with Gasteiger partial charge in [-0.3, -0.25) is 14.4 Å². The van der Waals surface area contributed by atoms with Crippen LogP contribution in [0.5, 0.6) is 0 Å². The number of aliphatic hydroxyl groups is 1. The number of carbonyl (C=O) groups excluding carboxylic acids is 2. The molecule has 0 fully saturated rings. The third-order valence-electron chi connectivity index (χ3n) is 6.63. The number of pyridine rings is 1. The minimum absolute atomic E-state index is 0.00235. The number of H-pyrrole nitrogens is 1. The largest absolute Gasteiger partial charge is 0.416 e. The summed E-state index contributed by atoms with van der Waals surface area (Å²) in [5.41, 5.74) is -0.186. The molecule has 3 rings (SSSR count). The molecule has 0 unspecified atom stereocenters. The van der Waals surface area contributed by atoms with Crippen LogP contribution in [0.1, 0.15) is 64.2 Å². The lowest BCUT2D eigenvalue weighted by Crippen LogP contribution is -2.48. The SMILES string of the molecule is CCCN(CCC)C(=O)c1cc(C(=O)N[C@@H](Cc2ccccc2)[C@H](O)CNCc2cccc(C(F)(F)F)c2)cc(=O)[nH]1. The number of aromatic amines is 1. The van der Waals surface area contributed by atoms with Crippen molar-refractivity contribution in [1.29, 1.82) is 0 Å². The van der Waals surface area contributed by atoms with Crippen LogP contribution in [0.4, 0.5) is 13.2 Å². The fourth-order valence-electron chi connectivity index (χ4n) is 4.58. The van der Waals surface area contributed by atoms with Gasteiger partial charge in [0.15, 0.2) is 0 Å². The predicted octanol–water partition coefficient (Wildman–Crippen LogP) is 4.15. The van der Waals surface area contributed by atoms with Crippen LogP contribution in [0.25, 0.3) is 0 Å². The maximum Gasteiger partial charge on any atom is 0.416 e. The van der Waals surface area contributed by atoms with Gasteiger partial charge in [0.25, 0.3) is 11.8 Å². The van der Waals surface area contributed by atoms with E-state index in [1.165, 1.54) is 12.1 Å². The van der Waals surface area contributed by atoms with Crippen molar-refractivity contribution in [2.24, 2.45) is 0 Å². The Bertz CT molecular complexity index is 1370. The lowest BCUT2D eigenvalue weighted by atomic mass is 10.00. The number of amides is 2. The second-order valence-electron chi connectivity index (χ2n) is 10.1. The smallest absolute Gasteiger partial charge is 0.390 e. The second-order valence-corrected chi connectivity index (χ2v) is 10.1. The zero-order chi connectivity index (χ0) is 30.7. The van der Waals surface area contributed by atoms with Gasteiger partial charge in [-0.2, -0.15) is 13.2 Å². The Morgan fingerprint density at radius 2 is 1.62 bits per heavy atom. The first-order valence-electron chi connectivity index (χ1n) is 13.9. The number of nitrogens with zero attached hydrogens (tertiary/aromatic N) is 1. The summed E-state index contributed by atoms with van der Waals surface area (Å²) < 4.78 is 39.2. The molecule has 1 heterocycles. The van der Waals surface area contributed by atoms with Gasteiger partial charge in [-0.05, 0) is 42.5 Å². The van der Waals surface area contributed by atoms with E-state index in [9.17, 15) is 32.7 Å². The lowest BCUT2D eigenvalue weighted by molar-refractivity contribution is -0.137. The topological polar surface area (TPSA) is 115 Å². The van der Waals surface area contributed by atoms with E-state index in [2.05, 4.69) is 15.6 Å². The highest BCUT2D eigenvalue weighted by Crippen LogP contribution is 2.29. The molecule has 8 nitrogen and oxygen atoms in total. The van der Waals surface area contributed by atoms with Gasteiger partial charge in [0.05, 0.1) is 17.7 Å². The third kappa shape index (κ3) is 9.56. The minimum atomic E-state index is -4.46. The second kappa shape index (κ2) is 15.3. The molecule has 2 amide bonds. The van der Waals surface area contributed by atoms with Crippen molar-refractivity contribution in [3.8, 4) is 0 Å².